The van der Waals surface area contributed by atoms with E-state index in [9.17, 15) is 10.1 Å². The van der Waals surface area contributed by atoms with Crippen molar-refractivity contribution >= 4 is 0 Å². The van der Waals surface area contributed by atoms with E-state index in [1.54, 1.807) is 0 Å². The molecule has 0 unspecified atom stereocenters. The fourth-order valence-corrected chi connectivity index (χ4v) is 1.92. The fourth-order valence-electron chi connectivity index (χ4n) is 1.92. The Morgan fingerprint density at radius 2 is 1.89 bits per heavy atom. The lowest BCUT2D eigenvalue weighted by molar-refractivity contribution is -0.586. The summed E-state index contributed by atoms with van der Waals surface area (Å²) in [5.74, 6) is 0.0579. The maximum absolute atomic E-state index is 10.9. The highest BCUT2D eigenvalue weighted by Crippen LogP contribution is 2.28. The van der Waals surface area contributed by atoms with Crippen LogP contribution in [0.15, 0.2) is 30.3 Å². The van der Waals surface area contributed by atoms with E-state index < -0.39 is 11.8 Å². The maximum Gasteiger partial charge on any atom is 0.265 e. The molecule has 1 fully saturated rings. The minimum atomic E-state index is -1.13. The Kier molecular flexibility index (Phi) is 3.63. The average Bonchev–Trinajstić information content (AvgIpc) is 2.40. The first-order valence-electron chi connectivity index (χ1n) is 5.95. The van der Waals surface area contributed by atoms with Gasteiger partial charge in [-0.05, 0) is 5.56 Å². The van der Waals surface area contributed by atoms with Gasteiger partial charge in [-0.25, -0.2) is 0 Å². The first-order valence-corrected chi connectivity index (χ1v) is 5.95. The Hall–Kier alpha value is -1.46. The number of hydrogen-bond acceptors (Lipinski definition) is 4. The van der Waals surface area contributed by atoms with Crippen molar-refractivity contribution in [1.29, 1.82) is 0 Å². The standard InChI is InChI=1S/C13H17NO4/c1-10(11-6-4-3-5-7-11)12-17-8-13(2,9-18-12)14(15)16/h3-7,10,12H,8-9H2,1-2H3/t10-,12?,13?/m0/s1. The molecule has 18 heavy (non-hydrogen) atoms. The third kappa shape index (κ3) is 2.52. The van der Waals surface area contributed by atoms with Crippen LogP contribution in [-0.2, 0) is 9.47 Å². The molecule has 2 rings (SSSR count). The van der Waals surface area contributed by atoms with Crippen molar-refractivity contribution in [2.45, 2.75) is 31.6 Å². The monoisotopic (exact) mass is 251 g/mol. The average molecular weight is 251 g/mol. The molecule has 1 atom stereocenters. The summed E-state index contributed by atoms with van der Waals surface area (Å²) in [5.41, 5.74) is -0.0281. The Morgan fingerprint density at radius 3 is 2.39 bits per heavy atom. The van der Waals surface area contributed by atoms with Crippen LogP contribution in [0.4, 0.5) is 0 Å². The van der Waals surface area contributed by atoms with Crippen molar-refractivity contribution in [2.75, 3.05) is 13.2 Å². The summed E-state index contributed by atoms with van der Waals surface area (Å²) in [7, 11) is 0. The van der Waals surface area contributed by atoms with Gasteiger partial charge in [0.1, 0.15) is 13.2 Å². The van der Waals surface area contributed by atoms with Crippen LogP contribution in [-0.4, -0.2) is 30.0 Å². The number of hydrogen-bond donors (Lipinski definition) is 0. The molecular weight excluding hydrogens is 234 g/mol. The summed E-state index contributed by atoms with van der Waals surface area (Å²) in [4.78, 5) is 10.5. The summed E-state index contributed by atoms with van der Waals surface area (Å²) < 4.78 is 11.0. The summed E-state index contributed by atoms with van der Waals surface area (Å²) in [6.45, 7) is 3.70. The normalized spacial score (nSPS) is 29.8. The maximum atomic E-state index is 10.9. The minimum Gasteiger partial charge on any atom is -0.344 e. The van der Waals surface area contributed by atoms with Crippen molar-refractivity contribution < 1.29 is 14.4 Å². The van der Waals surface area contributed by atoms with Gasteiger partial charge in [-0.2, -0.15) is 0 Å². The van der Waals surface area contributed by atoms with Gasteiger partial charge >= 0.3 is 0 Å². The van der Waals surface area contributed by atoms with Crippen molar-refractivity contribution in [1.82, 2.24) is 0 Å². The molecule has 0 N–H and O–H groups in total. The zero-order valence-electron chi connectivity index (χ0n) is 10.5. The quantitative estimate of drug-likeness (QED) is 0.610. The van der Waals surface area contributed by atoms with Crippen molar-refractivity contribution in [3.05, 3.63) is 46.0 Å². The molecule has 1 aliphatic heterocycles. The second-order valence-electron chi connectivity index (χ2n) is 4.94. The molecule has 0 saturated carbocycles. The summed E-state index contributed by atoms with van der Waals surface area (Å²) in [6, 6.07) is 9.85. The Bertz CT molecular complexity index is 412. The van der Waals surface area contributed by atoms with E-state index in [1.165, 1.54) is 6.92 Å². The summed E-state index contributed by atoms with van der Waals surface area (Å²) in [5, 5.41) is 10.9. The molecule has 1 aromatic rings. The van der Waals surface area contributed by atoms with Crippen LogP contribution in [0.1, 0.15) is 25.3 Å². The van der Waals surface area contributed by atoms with Crippen LogP contribution >= 0.6 is 0 Å². The second kappa shape index (κ2) is 5.04. The van der Waals surface area contributed by atoms with Crippen LogP contribution in [0.2, 0.25) is 0 Å². The van der Waals surface area contributed by atoms with Gasteiger partial charge in [0.25, 0.3) is 5.54 Å². The predicted octanol–water partition coefficient (Wildman–Crippen LogP) is 2.20. The van der Waals surface area contributed by atoms with E-state index in [4.69, 9.17) is 9.47 Å². The highest BCUT2D eigenvalue weighted by atomic mass is 16.7. The molecule has 1 saturated heterocycles. The zero-order valence-corrected chi connectivity index (χ0v) is 10.5. The van der Waals surface area contributed by atoms with Gasteiger partial charge in [0.2, 0.25) is 0 Å². The van der Waals surface area contributed by atoms with Crippen LogP contribution in [0.5, 0.6) is 0 Å². The number of nitro groups is 1. The Labute approximate surface area is 106 Å². The topological polar surface area (TPSA) is 61.6 Å². The molecule has 0 bridgehead atoms. The minimum absolute atomic E-state index is 0.0579. The van der Waals surface area contributed by atoms with Gasteiger partial charge in [0.05, 0.1) is 0 Å². The van der Waals surface area contributed by atoms with Gasteiger partial charge in [0, 0.05) is 17.8 Å². The second-order valence-corrected chi connectivity index (χ2v) is 4.94. The first kappa shape index (κ1) is 13.0. The molecule has 0 radical (unpaired) electrons. The molecule has 5 nitrogen and oxygen atoms in total. The van der Waals surface area contributed by atoms with E-state index in [1.807, 2.05) is 37.3 Å². The Morgan fingerprint density at radius 1 is 1.33 bits per heavy atom. The highest BCUT2D eigenvalue weighted by molar-refractivity contribution is 5.19. The molecule has 98 valence electrons. The molecule has 0 spiro atoms. The number of benzene rings is 1. The van der Waals surface area contributed by atoms with Gasteiger partial charge in [-0.3, -0.25) is 10.1 Å². The van der Waals surface area contributed by atoms with Crippen molar-refractivity contribution in [3.63, 3.8) is 0 Å². The lowest BCUT2D eigenvalue weighted by Gasteiger charge is -2.34. The molecule has 5 heteroatoms. The zero-order chi connectivity index (χ0) is 13.2. The highest BCUT2D eigenvalue weighted by Gasteiger charge is 2.44. The molecule has 0 aliphatic carbocycles. The van der Waals surface area contributed by atoms with E-state index in [2.05, 4.69) is 0 Å². The lowest BCUT2D eigenvalue weighted by Crippen LogP contribution is -2.51. The van der Waals surface area contributed by atoms with Crippen LogP contribution < -0.4 is 0 Å². The SMILES string of the molecule is C[C@@H](c1ccccc1)C1OCC(C)([N+](=O)[O-])CO1. The van der Waals surface area contributed by atoms with Gasteiger partial charge in [-0.15, -0.1) is 0 Å². The molecular formula is C13H17NO4. The first-order chi connectivity index (χ1) is 8.53. The largest absolute Gasteiger partial charge is 0.344 e. The molecule has 1 aromatic carbocycles. The molecule has 1 heterocycles. The van der Waals surface area contributed by atoms with Crippen LogP contribution in [0, 0.1) is 10.1 Å². The van der Waals surface area contributed by atoms with E-state index in [0.29, 0.717) is 0 Å². The number of ether oxygens (including phenoxy) is 2. The van der Waals surface area contributed by atoms with Gasteiger partial charge < -0.3 is 9.47 Å². The van der Waals surface area contributed by atoms with E-state index >= 15 is 0 Å². The molecule has 0 aromatic heterocycles. The lowest BCUT2D eigenvalue weighted by atomic mass is 9.99. The third-order valence-electron chi connectivity index (χ3n) is 3.29. The molecule has 0 amide bonds. The van der Waals surface area contributed by atoms with Gasteiger partial charge in [0.15, 0.2) is 6.29 Å². The van der Waals surface area contributed by atoms with Crippen molar-refractivity contribution in [2.24, 2.45) is 0 Å². The summed E-state index contributed by atoms with van der Waals surface area (Å²) in [6.07, 6.45) is -0.416. The van der Waals surface area contributed by atoms with E-state index in [0.717, 1.165) is 5.56 Å². The predicted molar refractivity (Wildman–Crippen MR) is 65.9 cm³/mol. The van der Waals surface area contributed by atoms with Crippen LogP contribution in [0.3, 0.4) is 0 Å². The third-order valence-corrected chi connectivity index (χ3v) is 3.29. The number of nitrogens with zero attached hydrogens (tertiary/aromatic N) is 1. The van der Waals surface area contributed by atoms with E-state index in [-0.39, 0.29) is 24.1 Å². The Balaban J connectivity index is 2.00. The number of rotatable bonds is 3. The van der Waals surface area contributed by atoms with Crippen LogP contribution in [0.25, 0.3) is 0 Å². The van der Waals surface area contributed by atoms with Crippen molar-refractivity contribution in [3.8, 4) is 0 Å². The smallest absolute Gasteiger partial charge is 0.265 e. The fraction of sp³-hybridized carbons (Fsp3) is 0.538. The van der Waals surface area contributed by atoms with Gasteiger partial charge in [-0.1, -0.05) is 37.3 Å². The molecule has 1 aliphatic rings. The summed E-state index contributed by atoms with van der Waals surface area (Å²) >= 11 is 0.